The summed E-state index contributed by atoms with van der Waals surface area (Å²) in [5.74, 6) is 0.832. The van der Waals surface area contributed by atoms with Crippen LogP contribution in [0.3, 0.4) is 0 Å². The summed E-state index contributed by atoms with van der Waals surface area (Å²) < 4.78 is 1.74. The normalized spacial score (nSPS) is 11.4. The largest absolute Gasteiger partial charge is 0.383 e. The van der Waals surface area contributed by atoms with Gasteiger partial charge >= 0.3 is 0 Å². The zero-order valence-corrected chi connectivity index (χ0v) is 8.52. The lowest BCUT2D eigenvalue weighted by molar-refractivity contribution is 0.724. The van der Waals surface area contributed by atoms with Crippen LogP contribution in [0.25, 0.3) is 11.0 Å². The molecule has 14 heavy (non-hydrogen) atoms. The van der Waals surface area contributed by atoms with Gasteiger partial charge in [0.2, 0.25) is 0 Å². The molecule has 2 aromatic rings. The summed E-state index contributed by atoms with van der Waals surface area (Å²) >= 11 is 0. The highest BCUT2D eigenvalue weighted by Gasteiger charge is 2.15. The maximum Gasteiger partial charge on any atom is 0.163 e. The lowest BCUT2D eigenvalue weighted by Gasteiger charge is -2.00. The first-order chi connectivity index (χ1) is 6.61. The number of fused-ring (bicyclic) bond motifs is 1. The van der Waals surface area contributed by atoms with Gasteiger partial charge in [0.05, 0.1) is 11.1 Å². The molecule has 0 bridgehead atoms. The van der Waals surface area contributed by atoms with Gasteiger partial charge in [-0.05, 0) is 5.92 Å². The van der Waals surface area contributed by atoms with Crippen molar-refractivity contribution in [3.05, 3.63) is 12.0 Å². The zero-order valence-electron chi connectivity index (χ0n) is 8.52. The van der Waals surface area contributed by atoms with E-state index in [2.05, 4.69) is 28.9 Å². The van der Waals surface area contributed by atoms with E-state index in [1.807, 2.05) is 7.05 Å². The van der Waals surface area contributed by atoms with E-state index in [-0.39, 0.29) is 0 Å². The molecule has 0 amide bonds. The van der Waals surface area contributed by atoms with Crippen molar-refractivity contribution in [2.75, 3.05) is 5.73 Å². The maximum atomic E-state index is 5.80. The Morgan fingerprint density at radius 3 is 2.71 bits per heavy atom. The van der Waals surface area contributed by atoms with Crippen LogP contribution in [-0.2, 0) is 7.05 Å². The van der Waals surface area contributed by atoms with Crippen molar-refractivity contribution in [2.24, 2.45) is 7.05 Å². The summed E-state index contributed by atoms with van der Waals surface area (Å²) in [4.78, 5) is 8.13. The van der Waals surface area contributed by atoms with E-state index in [9.17, 15) is 0 Å². The van der Waals surface area contributed by atoms with Crippen molar-refractivity contribution in [2.45, 2.75) is 19.8 Å². The molecule has 0 aliphatic rings. The Balaban J connectivity index is 2.86. The summed E-state index contributed by atoms with van der Waals surface area (Å²) in [6.45, 7) is 4.16. The summed E-state index contributed by atoms with van der Waals surface area (Å²) in [7, 11) is 1.86. The van der Waals surface area contributed by atoms with E-state index in [1.54, 1.807) is 4.68 Å². The number of nitrogens with zero attached hydrogens (tertiary/aromatic N) is 4. The molecule has 0 saturated carbocycles. The first-order valence-electron chi connectivity index (χ1n) is 4.54. The molecule has 0 fully saturated rings. The predicted octanol–water partition coefficient (Wildman–Crippen LogP) is 1.07. The van der Waals surface area contributed by atoms with E-state index in [0.717, 1.165) is 16.7 Å². The standard InChI is InChI=1S/C9H13N5/c1-5(2)7-6-8(10)11-4-12-9(6)14(3)13-7/h4-5H,1-3H3,(H2,10,11,12). The van der Waals surface area contributed by atoms with Gasteiger partial charge < -0.3 is 5.73 Å². The minimum absolute atomic E-state index is 0.326. The number of hydrogen-bond acceptors (Lipinski definition) is 4. The molecule has 74 valence electrons. The fourth-order valence-corrected chi connectivity index (χ4v) is 1.54. The summed E-state index contributed by atoms with van der Waals surface area (Å²) in [6.07, 6.45) is 1.46. The first-order valence-corrected chi connectivity index (χ1v) is 4.54. The molecule has 5 nitrogen and oxygen atoms in total. The second kappa shape index (κ2) is 2.94. The second-order valence-electron chi connectivity index (χ2n) is 3.62. The average Bonchev–Trinajstić information content (AvgIpc) is 2.46. The topological polar surface area (TPSA) is 69.6 Å². The molecule has 0 unspecified atom stereocenters. The second-order valence-corrected chi connectivity index (χ2v) is 3.62. The van der Waals surface area contributed by atoms with Crippen molar-refractivity contribution in [1.29, 1.82) is 0 Å². The van der Waals surface area contributed by atoms with Crippen LogP contribution in [0, 0.1) is 0 Å². The number of rotatable bonds is 1. The molecule has 2 heterocycles. The fraction of sp³-hybridized carbons (Fsp3) is 0.444. The van der Waals surface area contributed by atoms with Crippen LogP contribution >= 0.6 is 0 Å². The SMILES string of the molecule is CC(C)c1nn(C)c2ncnc(N)c12. The number of anilines is 1. The number of hydrogen-bond donors (Lipinski definition) is 1. The highest BCUT2D eigenvalue weighted by Crippen LogP contribution is 2.25. The van der Waals surface area contributed by atoms with Crippen molar-refractivity contribution >= 4 is 16.9 Å². The summed E-state index contributed by atoms with van der Waals surface area (Å²) in [5.41, 5.74) is 7.56. The van der Waals surface area contributed by atoms with E-state index >= 15 is 0 Å². The van der Waals surface area contributed by atoms with Gasteiger partial charge in [0.1, 0.15) is 12.1 Å². The van der Waals surface area contributed by atoms with Crippen molar-refractivity contribution in [3.63, 3.8) is 0 Å². The molecule has 0 aliphatic heterocycles. The smallest absolute Gasteiger partial charge is 0.163 e. The van der Waals surface area contributed by atoms with Gasteiger partial charge in [0.15, 0.2) is 5.65 Å². The van der Waals surface area contributed by atoms with Crippen molar-refractivity contribution < 1.29 is 0 Å². The van der Waals surface area contributed by atoms with Crippen LogP contribution in [0.1, 0.15) is 25.5 Å². The van der Waals surface area contributed by atoms with Crippen molar-refractivity contribution in [1.82, 2.24) is 19.7 Å². The Kier molecular flexibility index (Phi) is 1.87. The highest BCUT2D eigenvalue weighted by molar-refractivity contribution is 5.88. The minimum Gasteiger partial charge on any atom is -0.383 e. The number of aromatic nitrogens is 4. The van der Waals surface area contributed by atoms with Crippen LogP contribution in [0.2, 0.25) is 0 Å². The van der Waals surface area contributed by atoms with Crippen LogP contribution in [0.15, 0.2) is 6.33 Å². The molecular weight excluding hydrogens is 178 g/mol. The Morgan fingerprint density at radius 2 is 2.07 bits per heavy atom. The first kappa shape index (κ1) is 8.93. The molecule has 2 N–H and O–H groups in total. The number of aryl methyl sites for hydroxylation is 1. The lowest BCUT2D eigenvalue weighted by atomic mass is 10.1. The molecule has 5 heteroatoms. The third kappa shape index (κ3) is 1.13. The Hall–Kier alpha value is -1.65. The predicted molar refractivity (Wildman–Crippen MR) is 54.8 cm³/mol. The Bertz CT molecular complexity index is 471. The third-order valence-electron chi connectivity index (χ3n) is 2.22. The fourth-order valence-electron chi connectivity index (χ4n) is 1.54. The van der Waals surface area contributed by atoms with Crippen molar-refractivity contribution in [3.8, 4) is 0 Å². The molecule has 2 rings (SSSR count). The number of nitrogens with two attached hydrogens (primary N) is 1. The van der Waals surface area contributed by atoms with E-state index in [4.69, 9.17) is 5.73 Å². The molecule has 2 aromatic heterocycles. The minimum atomic E-state index is 0.326. The Morgan fingerprint density at radius 1 is 1.36 bits per heavy atom. The summed E-state index contributed by atoms with van der Waals surface area (Å²) in [6, 6.07) is 0. The zero-order chi connectivity index (χ0) is 10.3. The highest BCUT2D eigenvalue weighted by atomic mass is 15.3. The van der Waals surface area contributed by atoms with Gasteiger partial charge in [-0.15, -0.1) is 0 Å². The van der Waals surface area contributed by atoms with Crippen LogP contribution in [0.4, 0.5) is 5.82 Å². The molecule has 0 radical (unpaired) electrons. The third-order valence-corrected chi connectivity index (χ3v) is 2.22. The maximum absolute atomic E-state index is 5.80. The molecule has 0 aliphatic carbocycles. The quantitative estimate of drug-likeness (QED) is 0.732. The molecule has 0 spiro atoms. The van der Waals surface area contributed by atoms with Gasteiger partial charge in [-0.25, -0.2) is 9.97 Å². The van der Waals surface area contributed by atoms with Gasteiger partial charge in [-0.1, -0.05) is 13.8 Å². The van der Waals surface area contributed by atoms with Gasteiger partial charge in [-0.2, -0.15) is 5.10 Å². The molecule has 0 atom stereocenters. The van der Waals surface area contributed by atoms with E-state index in [0.29, 0.717) is 11.7 Å². The van der Waals surface area contributed by atoms with Crippen LogP contribution < -0.4 is 5.73 Å². The number of nitrogen functional groups attached to an aromatic ring is 1. The van der Waals surface area contributed by atoms with Crippen LogP contribution in [0.5, 0.6) is 0 Å². The lowest BCUT2D eigenvalue weighted by Crippen LogP contribution is -1.95. The Labute approximate surface area is 82.0 Å². The molecule has 0 saturated heterocycles. The van der Waals surface area contributed by atoms with E-state index in [1.165, 1.54) is 6.33 Å². The van der Waals surface area contributed by atoms with Gasteiger partial charge in [0.25, 0.3) is 0 Å². The van der Waals surface area contributed by atoms with Gasteiger partial charge in [-0.3, -0.25) is 4.68 Å². The average molecular weight is 191 g/mol. The van der Waals surface area contributed by atoms with Crippen LogP contribution in [-0.4, -0.2) is 19.7 Å². The van der Waals surface area contributed by atoms with Gasteiger partial charge in [0, 0.05) is 7.05 Å². The van der Waals surface area contributed by atoms with E-state index < -0.39 is 0 Å². The molecular formula is C9H13N5. The molecule has 0 aromatic carbocycles. The monoisotopic (exact) mass is 191 g/mol. The summed E-state index contributed by atoms with van der Waals surface area (Å²) in [5, 5.41) is 5.26.